The van der Waals surface area contributed by atoms with E-state index in [2.05, 4.69) is 44.9 Å². The quantitative estimate of drug-likeness (QED) is 0.614. The van der Waals surface area contributed by atoms with Crippen molar-refractivity contribution >= 4 is 49.0 Å². The lowest BCUT2D eigenvalue weighted by molar-refractivity contribution is 0.0950. The number of halogens is 2. The van der Waals surface area contributed by atoms with Crippen molar-refractivity contribution in [2.45, 2.75) is 31.3 Å². The lowest BCUT2D eigenvalue weighted by Gasteiger charge is -2.38. The molecule has 6 nitrogen and oxygen atoms in total. The smallest absolute Gasteiger partial charge is 0.251 e. The van der Waals surface area contributed by atoms with Gasteiger partial charge in [0.2, 0.25) is 0 Å². The molecule has 0 aromatic heterocycles. The number of nitrogens with zero attached hydrogens (tertiary/aromatic N) is 2. The highest BCUT2D eigenvalue weighted by molar-refractivity contribution is 9.10. The number of nitrogens with one attached hydrogen (secondary N) is 1. The summed E-state index contributed by atoms with van der Waals surface area (Å²) < 4.78 is 24.9. The summed E-state index contributed by atoms with van der Waals surface area (Å²) in [5, 5.41) is 3.24. The first kappa shape index (κ1) is 24.0. The SMILES string of the molecule is CC(C)N1CCN(c2cc(Br)cc(C(=O)NCc3cc(Cl)ccc3S(C)(=O)=O)c2)CC1. The zero-order valence-corrected chi connectivity index (χ0v) is 21.0. The van der Waals surface area contributed by atoms with E-state index in [1.807, 2.05) is 12.1 Å². The maximum Gasteiger partial charge on any atom is 0.251 e. The Morgan fingerprint density at radius 2 is 1.81 bits per heavy atom. The van der Waals surface area contributed by atoms with Gasteiger partial charge in [-0.05, 0) is 55.8 Å². The van der Waals surface area contributed by atoms with Gasteiger partial charge in [-0.15, -0.1) is 0 Å². The fourth-order valence-corrected chi connectivity index (χ4v) is 5.31. The molecule has 0 radical (unpaired) electrons. The lowest BCUT2D eigenvalue weighted by atomic mass is 10.1. The van der Waals surface area contributed by atoms with Crippen molar-refractivity contribution in [2.24, 2.45) is 0 Å². The Hall–Kier alpha value is -1.61. The molecule has 0 aliphatic carbocycles. The second-order valence-corrected chi connectivity index (χ2v) is 11.4. The summed E-state index contributed by atoms with van der Waals surface area (Å²) in [6, 6.07) is 10.7. The van der Waals surface area contributed by atoms with Crippen LogP contribution in [0, 0.1) is 0 Å². The molecular weight excluding hydrogens is 502 g/mol. The standard InChI is InChI=1S/C22H27BrClN3O3S/c1-15(2)26-6-8-27(9-7-26)20-12-16(10-18(23)13-20)22(28)25-14-17-11-19(24)4-5-21(17)31(3,29)30/h4-5,10-13,15H,6-9,14H2,1-3H3,(H,25,28). The Morgan fingerprint density at radius 1 is 1.13 bits per heavy atom. The number of carbonyl (C=O) groups is 1. The molecule has 2 aromatic carbocycles. The molecule has 1 fully saturated rings. The molecule has 0 unspecified atom stereocenters. The van der Waals surface area contributed by atoms with E-state index in [0.29, 0.717) is 22.2 Å². The molecule has 1 aliphatic heterocycles. The van der Waals surface area contributed by atoms with Crippen molar-refractivity contribution in [3.63, 3.8) is 0 Å². The third-order valence-electron chi connectivity index (χ3n) is 5.42. The summed E-state index contributed by atoms with van der Waals surface area (Å²) >= 11 is 9.55. The first-order valence-electron chi connectivity index (χ1n) is 10.1. The zero-order valence-electron chi connectivity index (χ0n) is 17.9. The monoisotopic (exact) mass is 527 g/mol. The Balaban J connectivity index is 1.74. The van der Waals surface area contributed by atoms with Crippen LogP contribution in [0.15, 0.2) is 45.8 Å². The van der Waals surface area contributed by atoms with Crippen LogP contribution in [0.5, 0.6) is 0 Å². The average Bonchev–Trinajstić information content (AvgIpc) is 2.70. The van der Waals surface area contributed by atoms with Crippen molar-refractivity contribution in [3.8, 4) is 0 Å². The largest absolute Gasteiger partial charge is 0.369 e. The minimum atomic E-state index is -3.43. The molecule has 0 bridgehead atoms. The predicted molar refractivity (Wildman–Crippen MR) is 129 cm³/mol. The van der Waals surface area contributed by atoms with Gasteiger partial charge in [0.25, 0.3) is 5.91 Å². The van der Waals surface area contributed by atoms with Crippen molar-refractivity contribution in [1.82, 2.24) is 10.2 Å². The third-order valence-corrected chi connectivity index (χ3v) is 7.31. The van der Waals surface area contributed by atoms with Crippen LogP contribution in [-0.2, 0) is 16.4 Å². The lowest BCUT2D eigenvalue weighted by Crippen LogP contribution is -2.48. The predicted octanol–water partition coefficient (Wildman–Crippen LogP) is 3.97. The Morgan fingerprint density at radius 3 is 2.42 bits per heavy atom. The van der Waals surface area contributed by atoms with E-state index in [0.717, 1.165) is 42.6 Å². The summed E-state index contributed by atoms with van der Waals surface area (Å²) in [5.41, 5.74) is 1.96. The number of sulfone groups is 1. The normalized spacial score (nSPS) is 15.4. The van der Waals surface area contributed by atoms with Crippen LogP contribution in [0.3, 0.4) is 0 Å². The van der Waals surface area contributed by atoms with Gasteiger partial charge in [0, 0.05) is 65.8 Å². The number of benzene rings is 2. The maximum atomic E-state index is 12.9. The van der Waals surface area contributed by atoms with E-state index in [1.54, 1.807) is 12.1 Å². The van der Waals surface area contributed by atoms with Gasteiger partial charge in [0.1, 0.15) is 0 Å². The first-order chi connectivity index (χ1) is 14.5. The minimum absolute atomic E-state index is 0.0662. The summed E-state index contributed by atoms with van der Waals surface area (Å²) in [6.45, 7) is 8.23. The molecule has 2 aromatic rings. The number of hydrogen-bond acceptors (Lipinski definition) is 5. The van der Waals surface area contributed by atoms with Gasteiger partial charge >= 0.3 is 0 Å². The van der Waals surface area contributed by atoms with E-state index in [1.165, 1.54) is 12.1 Å². The summed E-state index contributed by atoms with van der Waals surface area (Å²) in [6.07, 6.45) is 1.14. The highest BCUT2D eigenvalue weighted by atomic mass is 79.9. The molecule has 1 aliphatic rings. The molecule has 0 saturated carbocycles. The topological polar surface area (TPSA) is 69.7 Å². The zero-order chi connectivity index (χ0) is 22.8. The molecule has 31 heavy (non-hydrogen) atoms. The summed E-state index contributed by atoms with van der Waals surface area (Å²) in [5.74, 6) is -0.275. The number of anilines is 1. The van der Waals surface area contributed by atoms with Gasteiger partial charge in [-0.1, -0.05) is 27.5 Å². The Kier molecular flexibility index (Phi) is 7.68. The summed E-state index contributed by atoms with van der Waals surface area (Å²) in [4.78, 5) is 17.7. The first-order valence-corrected chi connectivity index (χ1v) is 13.2. The van der Waals surface area contributed by atoms with Crippen molar-refractivity contribution < 1.29 is 13.2 Å². The second-order valence-electron chi connectivity index (χ2n) is 8.02. The van der Waals surface area contributed by atoms with Crippen molar-refractivity contribution in [2.75, 3.05) is 37.3 Å². The molecular formula is C22H27BrClN3O3S. The number of rotatable bonds is 6. The van der Waals surface area contributed by atoms with Crippen molar-refractivity contribution in [1.29, 1.82) is 0 Å². The van der Waals surface area contributed by atoms with E-state index < -0.39 is 9.84 Å². The van der Waals surface area contributed by atoms with Gasteiger partial charge in [-0.25, -0.2) is 8.42 Å². The van der Waals surface area contributed by atoms with Crippen LogP contribution in [0.1, 0.15) is 29.8 Å². The van der Waals surface area contributed by atoms with E-state index in [9.17, 15) is 13.2 Å². The number of hydrogen-bond donors (Lipinski definition) is 1. The fraction of sp³-hybridized carbons (Fsp3) is 0.409. The highest BCUT2D eigenvalue weighted by Gasteiger charge is 2.21. The van der Waals surface area contributed by atoms with Gasteiger partial charge in [-0.3, -0.25) is 9.69 Å². The van der Waals surface area contributed by atoms with Gasteiger partial charge in [0.05, 0.1) is 4.90 Å². The fourth-order valence-electron chi connectivity index (χ4n) is 3.71. The van der Waals surface area contributed by atoms with Crippen LogP contribution in [0.2, 0.25) is 5.02 Å². The van der Waals surface area contributed by atoms with Crippen molar-refractivity contribution in [3.05, 3.63) is 57.0 Å². The maximum absolute atomic E-state index is 12.9. The molecule has 1 N–H and O–H groups in total. The van der Waals surface area contributed by atoms with E-state index in [4.69, 9.17) is 11.6 Å². The van der Waals surface area contributed by atoms with Crippen LogP contribution in [0.4, 0.5) is 5.69 Å². The third kappa shape index (κ3) is 6.22. The van der Waals surface area contributed by atoms with E-state index in [-0.39, 0.29) is 17.3 Å². The van der Waals surface area contributed by atoms with Crippen LogP contribution < -0.4 is 10.2 Å². The highest BCUT2D eigenvalue weighted by Crippen LogP contribution is 2.25. The van der Waals surface area contributed by atoms with E-state index >= 15 is 0 Å². The molecule has 1 saturated heterocycles. The Labute approximate surface area is 197 Å². The molecule has 0 atom stereocenters. The molecule has 168 valence electrons. The average molecular weight is 529 g/mol. The van der Waals surface area contributed by atoms with Gasteiger partial charge in [0.15, 0.2) is 9.84 Å². The van der Waals surface area contributed by atoms with Crippen LogP contribution in [0.25, 0.3) is 0 Å². The second kappa shape index (κ2) is 9.90. The molecule has 9 heteroatoms. The molecule has 3 rings (SSSR count). The van der Waals surface area contributed by atoms with Gasteiger partial charge in [-0.2, -0.15) is 0 Å². The molecule has 1 amide bonds. The molecule has 1 heterocycles. The number of carbonyl (C=O) groups excluding carboxylic acids is 1. The summed E-state index contributed by atoms with van der Waals surface area (Å²) in [7, 11) is -3.43. The van der Waals surface area contributed by atoms with Gasteiger partial charge < -0.3 is 10.2 Å². The minimum Gasteiger partial charge on any atom is -0.369 e. The molecule has 0 spiro atoms. The van der Waals surface area contributed by atoms with Crippen LogP contribution in [-0.4, -0.2) is 57.7 Å². The number of piperazine rings is 1. The number of amides is 1. The van der Waals surface area contributed by atoms with Crippen LogP contribution >= 0.6 is 27.5 Å². The Bertz CT molecular complexity index is 1070.